The molecule has 0 radical (unpaired) electrons. The Morgan fingerprint density at radius 2 is 2.07 bits per heavy atom. The Hall–Kier alpha value is -3.00. The number of likely N-dealkylation sites (tertiary alicyclic amines) is 1. The Balaban J connectivity index is 1.28. The van der Waals surface area contributed by atoms with Gasteiger partial charge in [-0.05, 0) is 48.9 Å². The van der Waals surface area contributed by atoms with Crippen LogP contribution in [0.4, 0.5) is 0 Å². The third kappa shape index (κ3) is 4.00. The maximum atomic E-state index is 12.5. The van der Waals surface area contributed by atoms with E-state index in [1.807, 2.05) is 39.1 Å². The number of hydrogen-bond donors (Lipinski definition) is 0. The fourth-order valence-electron chi connectivity index (χ4n) is 3.90. The van der Waals surface area contributed by atoms with E-state index in [4.69, 9.17) is 4.52 Å². The number of imidazole rings is 1. The second-order valence-corrected chi connectivity index (χ2v) is 8.63. The molecule has 0 bridgehead atoms. The first-order valence-electron chi connectivity index (χ1n) is 10.3. The summed E-state index contributed by atoms with van der Waals surface area (Å²) in [6.45, 7) is 2.43. The number of benzene rings is 1. The van der Waals surface area contributed by atoms with Gasteiger partial charge in [0.05, 0.1) is 23.8 Å². The fourth-order valence-corrected chi connectivity index (χ4v) is 4.60. The quantitative estimate of drug-likeness (QED) is 0.468. The molecule has 1 aliphatic rings. The number of aromatic nitrogens is 4. The molecule has 30 heavy (non-hydrogen) atoms. The van der Waals surface area contributed by atoms with Crippen molar-refractivity contribution < 1.29 is 9.32 Å². The Kier molecular flexibility index (Phi) is 5.31. The maximum absolute atomic E-state index is 12.5. The van der Waals surface area contributed by atoms with Gasteiger partial charge in [-0.15, -0.1) is 11.3 Å². The highest BCUT2D eigenvalue weighted by atomic mass is 32.1. The van der Waals surface area contributed by atoms with Crippen LogP contribution in [-0.4, -0.2) is 43.6 Å². The van der Waals surface area contributed by atoms with Gasteiger partial charge in [-0.2, -0.15) is 4.98 Å². The van der Waals surface area contributed by atoms with Crippen LogP contribution in [0.25, 0.3) is 22.4 Å². The van der Waals surface area contributed by atoms with Crippen LogP contribution in [0.15, 0.2) is 46.6 Å². The van der Waals surface area contributed by atoms with Crippen LogP contribution in [0.2, 0.25) is 0 Å². The van der Waals surface area contributed by atoms with E-state index in [9.17, 15) is 4.79 Å². The van der Waals surface area contributed by atoms with Gasteiger partial charge < -0.3 is 14.0 Å². The van der Waals surface area contributed by atoms with Gasteiger partial charge in [-0.25, -0.2) is 4.98 Å². The van der Waals surface area contributed by atoms with Gasteiger partial charge in [0, 0.05) is 36.5 Å². The molecule has 4 heterocycles. The van der Waals surface area contributed by atoms with E-state index in [0.717, 1.165) is 42.5 Å². The molecule has 1 aromatic carbocycles. The molecule has 1 aliphatic heterocycles. The van der Waals surface area contributed by atoms with Crippen LogP contribution in [-0.2, 0) is 17.8 Å². The molecule has 0 saturated carbocycles. The Morgan fingerprint density at radius 1 is 1.17 bits per heavy atom. The van der Waals surface area contributed by atoms with Crippen LogP contribution in [0.1, 0.15) is 36.5 Å². The molecule has 3 aromatic heterocycles. The lowest BCUT2D eigenvalue weighted by atomic mass is 10.1. The van der Waals surface area contributed by atoms with Crippen molar-refractivity contribution >= 4 is 28.3 Å². The van der Waals surface area contributed by atoms with Crippen LogP contribution in [0.5, 0.6) is 0 Å². The second kappa shape index (κ2) is 8.39. The van der Waals surface area contributed by atoms with Crippen molar-refractivity contribution in [1.82, 2.24) is 24.6 Å². The van der Waals surface area contributed by atoms with Crippen molar-refractivity contribution in [2.75, 3.05) is 13.1 Å². The molecule has 7 nitrogen and oxygen atoms in total. The summed E-state index contributed by atoms with van der Waals surface area (Å²) in [7, 11) is 0. The highest BCUT2D eigenvalue weighted by Gasteiger charge is 2.17. The molecule has 0 spiro atoms. The fraction of sp³-hybridized carbons (Fsp3) is 0.364. The molecule has 154 valence electrons. The summed E-state index contributed by atoms with van der Waals surface area (Å²) in [5.74, 6) is 1.41. The molecule has 1 amide bonds. The topological polar surface area (TPSA) is 77.0 Å². The van der Waals surface area contributed by atoms with Crippen molar-refractivity contribution in [3.8, 4) is 11.4 Å². The first-order valence-corrected chi connectivity index (χ1v) is 11.2. The summed E-state index contributed by atoms with van der Waals surface area (Å²) in [5, 5.41) is 6.16. The van der Waals surface area contributed by atoms with Gasteiger partial charge in [-0.3, -0.25) is 4.79 Å². The van der Waals surface area contributed by atoms with Crippen molar-refractivity contribution in [1.29, 1.82) is 0 Å². The highest BCUT2D eigenvalue weighted by molar-refractivity contribution is 7.09. The van der Waals surface area contributed by atoms with Crippen LogP contribution in [0.3, 0.4) is 0 Å². The Bertz CT molecular complexity index is 1140. The summed E-state index contributed by atoms with van der Waals surface area (Å²) in [6.07, 6.45) is 6.42. The Morgan fingerprint density at radius 3 is 2.90 bits per heavy atom. The van der Waals surface area contributed by atoms with E-state index in [0.29, 0.717) is 31.1 Å². The van der Waals surface area contributed by atoms with Gasteiger partial charge in [-0.1, -0.05) is 11.2 Å². The number of thiophene rings is 1. The van der Waals surface area contributed by atoms with E-state index in [2.05, 4.69) is 21.2 Å². The summed E-state index contributed by atoms with van der Waals surface area (Å²) < 4.78 is 7.45. The molecule has 0 N–H and O–H groups in total. The molecule has 1 fully saturated rings. The third-order valence-corrected chi connectivity index (χ3v) is 6.40. The predicted octanol–water partition coefficient (Wildman–Crippen LogP) is 4.14. The minimum absolute atomic E-state index is 0.234. The highest BCUT2D eigenvalue weighted by Crippen LogP contribution is 2.23. The number of fused-ring (bicyclic) bond motifs is 1. The van der Waals surface area contributed by atoms with Crippen molar-refractivity contribution in [3.05, 3.63) is 52.8 Å². The summed E-state index contributed by atoms with van der Waals surface area (Å²) in [6, 6.07) is 10.0. The number of carbonyl (C=O) groups is 1. The van der Waals surface area contributed by atoms with Crippen LogP contribution in [0, 0.1) is 0 Å². The molecule has 4 aromatic rings. The normalized spacial score (nSPS) is 14.5. The first-order chi connectivity index (χ1) is 14.8. The van der Waals surface area contributed by atoms with Gasteiger partial charge in [0.1, 0.15) is 0 Å². The molecule has 0 atom stereocenters. The van der Waals surface area contributed by atoms with Crippen molar-refractivity contribution in [2.24, 2.45) is 0 Å². The molecular formula is C22H23N5O2S. The average Bonchev–Trinajstić information content (AvgIpc) is 3.54. The van der Waals surface area contributed by atoms with Crippen molar-refractivity contribution in [2.45, 2.75) is 38.6 Å². The zero-order valence-corrected chi connectivity index (χ0v) is 17.5. The monoisotopic (exact) mass is 421 g/mol. The zero-order valence-electron chi connectivity index (χ0n) is 16.7. The third-order valence-electron chi connectivity index (χ3n) is 5.53. The Labute approximate surface area is 178 Å². The lowest BCUT2D eigenvalue weighted by Crippen LogP contribution is -2.35. The van der Waals surface area contributed by atoms with Crippen molar-refractivity contribution in [3.63, 3.8) is 0 Å². The van der Waals surface area contributed by atoms with Gasteiger partial charge in [0.15, 0.2) is 0 Å². The summed E-state index contributed by atoms with van der Waals surface area (Å²) in [4.78, 5) is 24.7. The number of rotatable bonds is 6. The largest absolute Gasteiger partial charge is 0.343 e. The molecule has 0 aliphatic carbocycles. The number of carbonyl (C=O) groups excluding carboxylic acids is 1. The maximum Gasteiger partial charge on any atom is 0.232 e. The molecule has 1 saturated heterocycles. The molecule has 0 unspecified atom stereocenters. The van der Waals surface area contributed by atoms with Crippen LogP contribution < -0.4 is 0 Å². The predicted molar refractivity (Wildman–Crippen MR) is 115 cm³/mol. The number of nitrogens with zero attached hydrogens (tertiary/aromatic N) is 5. The second-order valence-electron chi connectivity index (χ2n) is 7.60. The van der Waals surface area contributed by atoms with E-state index < -0.39 is 0 Å². The van der Waals surface area contributed by atoms with E-state index in [1.54, 1.807) is 17.7 Å². The number of amides is 1. The summed E-state index contributed by atoms with van der Waals surface area (Å²) in [5.41, 5.74) is 2.74. The molecule has 5 rings (SSSR count). The average molecular weight is 422 g/mol. The van der Waals surface area contributed by atoms with Gasteiger partial charge in [0.25, 0.3) is 0 Å². The van der Waals surface area contributed by atoms with Gasteiger partial charge >= 0.3 is 0 Å². The number of aryl methyl sites for hydroxylation is 1. The SMILES string of the molecule is O=C(CCn1cnc2cc(-c3noc(Cc4cccs4)n3)ccc21)N1CCCCC1. The number of hydrogen-bond acceptors (Lipinski definition) is 6. The first kappa shape index (κ1) is 19.0. The minimum Gasteiger partial charge on any atom is -0.343 e. The molecule has 8 heteroatoms. The lowest BCUT2D eigenvalue weighted by Gasteiger charge is -2.26. The molecular weight excluding hydrogens is 398 g/mol. The standard InChI is InChI=1S/C22H23N5O2S/c28-21(26-9-2-1-3-10-26)8-11-27-15-23-18-13-16(6-7-19(18)27)22-24-20(29-25-22)14-17-5-4-12-30-17/h4-7,12-13,15H,1-3,8-11,14H2. The van der Waals surface area contributed by atoms with Crippen LogP contribution >= 0.6 is 11.3 Å². The summed E-state index contributed by atoms with van der Waals surface area (Å²) >= 11 is 1.68. The minimum atomic E-state index is 0.234. The lowest BCUT2D eigenvalue weighted by molar-refractivity contribution is -0.132. The smallest absolute Gasteiger partial charge is 0.232 e. The number of piperidine rings is 1. The van der Waals surface area contributed by atoms with Gasteiger partial charge in [0.2, 0.25) is 17.6 Å². The van der Waals surface area contributed by atoms with E-state index in [-0.39, 0.29) is 5.91 Å². The van der Waals surface area contributed by atoms with E-state index >= 15 is 0 Å². The zero-order chi connectivity index (χ0) is 20.3. The van der Waals surface area contributed by atoms with E-state index in [1.165, 1.54) is 11.3 Å².